The molecule has 0 atom stereocenters. The van der Waals surface area contributed by atoms with E-state index in [0.717, 1.165) is 54.6 Å². The zero-order chi connectivity index (χ0) is 22.8. The average Bonchev–Trinajstić information content (AvgIpc) is 3.49. The molecule has 7 heteroatoms. The Balaban J connectivity index is 1.69. The lowest BCUT2D eigenvalue weighted by atomic mass is 10.1. The number of hydrogen-bond donors (Lipinski definition) is 0. The average molecular weight is 475 g/mol. The minimum Gasteiger partial charge on any atom is -0.497 e. The van der Waals surface area contributed by atoms with Gasteiger partial charge in [-0.1, -0.05) is 17.4 Å². The van der Waals surface area contributed by atoms with Gasteiger partial charge in [0.15, 0.2) is 0 Å². The summed E-state index contributed by atoms with van der Waals surface area (Å²) in [5.41, 5.74) is 2.67. The van der Waals surface area contributed by atoms with Crippen LogP contribution in [0.2, 0.25) is 0 Å². The normalized spacial score (nSPS) is 11.8. The molecule has 33 heavy (non-hydrogen) atoms. The Bertz CT molecular complexity index is 1470. The van der Waals surface area contributed by atoms with Crippen LogP contribution in [0.4, 0.5) is 5.13 Å². The molecule has 0 aliphatic heterocycles. The van der Waals surface area contributed by atoms with Crippen molar-refractivity contribution in [2.75, 3.05) is 13.7 Å². The molecule has 166 valence electrons. The number of thiophene rings is 1. The first-order chi connectivity index (χ1) is 16.1. The first-order valence-corrected chi connectivity index (χ1v) is 12.3. The maximum absolute atomic E-state index is 6.25. The van der Waals surface area contributed by atoms with Crippen LogP contribution in [0.3, 0.4) is 0 Å². The van der Waals surface area contributed by atoms with E-state index in [1.807, 2.05) is 61.5 Å². The second-order valence-electron chi connectivity index (χ2n) is 7.31. The number of rotatable bonds is 6. The lowest BCUT2D eigenvalue weighted by Crippen LogP contribution is -2.04. The second-order valence-corrected chi connectivity index (χ2v) is 9.44. The Morgan fingerprint density at radius 3 is 2.58 bits per heavy atom. The molecule has 5 rings (SSSR count). The first kappa shape index (κ1) is 21.4. The Morgan fingerprint density at radius 2 is 1.85 bits per heavy atom. The summed E-state index contributed by atoms with van der Waals surface area (Å²) >= 11 is 3.27. The lowest BCUT2D eigenvalue weighted by molar-refractivity contribution is 0.340. The molecule has 2 aromatic carbocycles. The maximum Gasteiger partial charge on any atom is 0.210 e. The highest BCUT2D eigenvalue weighted by Gasteiger charge is 2.12. The number of aromatic nitrogens is 1. The van der Waals surface area contributed by atoms with Crippen molar-refractivity contribution in [3.05, 3.63) is 76.3 Å². The zero-order valence-electron chi connectivity index (χ0n) is 18.5. The smallest absolute Gasteiger partial charge is 0.210 e. The molecule has 5 aromatic rings. The fraction of sp³-hybridized carbons (Fsp3) is 0.154. The summed E-state index contributed by atoms with van der Waals surface area (Å²) in [6.45, 7) is 4.64. The first-order valence-electron chi connectivity index (χ1n) is 10.6. The highest BCUT2D eigenvalue weighted by Crippen LogP contribution is 2.34. The van der Waals surface area contributed by atoms with E-state index < -0.39 is 0 Å². The molecule has 0 spiro atoms. The summed E-state index contributed by atoms with van der Waals surface area (Å²) in [6.07, 6.45) is 0. The van der Waals surface area contributed by atoms with Crippen molar-refractivity contribution >= 4 is 38.8 Å². The quantitative estimate of drug-likeness (QED) is 0.260. The van der Waals surface area contributed by atoms with Crippen molar-refractivity contribution < 1.29 is 13.9 Å². The van der Waals surface area contributed by atoms with E-state index in [1.165, 1.54) is 0 Å². The summed E-state index contributed by atoms with van der Waals surface area (Å²) in [6, 6.07) is 19.7. The van der Waals surface area contributed by atoms with Gasteiger partial charge < -0.3 is 13.9 Å². The molecule has 3 aromatic heterocycles. The van der Waals surface area contributed by atoms with E-state index in [9.17, 15) is 0 Å². The van der Waals surface area contributed by atoms with Gasteiger partial charge in [0.1, 0.15) is 22.8 Å². The third kappa shape index (κ3) is 4.42. The number of nitrogens with zero attached hydrogens (tertiary/aromatic N) is 2. The van der Waals surface area contributed by atoms with Gasteiger partial charge in [0, 0.05) is 21.9 Å². The van der Waals surface area contributed by atoms with Gasteiger partial charge in [-0.05, 0) is 67.8 Å². The number of hydrogen-bond acceptors (Lipinski definition) is 7. The van der Waals surface area contributed by atoms with Gasteiger partial charge in [-0.2, -0.15) is 0 Å². The predicted octanol–water partition coefficient (Wildman–Crippen LogP) is 7.23. The van der Waals surface area contributed by atoms with Gasteiger partial charge >= 0.3 is 0 Å². The lowest BCUT2D eigenvalue weighted by Gasteiger charge is -2.08. The maximum atomic E-state index is 6.25. The van der Waals surface area contributed by atoms with Gasteiger partial charge in [-0.3, -0.25) is 0 Å². The predicted molar refractivity (Wildman–Crippen MR) is 135 cm³/mol. The van der Waals surface area contributed by atoms with E-state index in [-0.39, 0.29) is 0 Å². The third-order valence-electron chi connectivity index (χ3n) is 5.16. The molecule has 5 nitrogen and oxygen atoms in total. The topological polar surface area (TPSA) is 56.9 Å². The van der Waals surface area contributed by atoms with Crippen LogP contribution in [0.15, 0.2) is 75.5 Å². The molecule has 0 amide bonds. The van der Waals surface area contributed by atoms with Gasteiger partial charge in [-0.25, -0.2) is 9.98 Å². The summed E-state index contributed by atoms with van der Waals surface area (Å²) in [5, 5.41) is 4.44. The SMILES string of the molecule is CCOc1ccc2oc(-c3ccc(OC)cc3)cc(=Nc3nc(-c4cccs4)c(C)s3)c2c1. The van der Waals surface area contributed by atoms with Crippen LogP contribution in [0.25, 0.3) is 32.9 Å². The Labute approximate surface area is 199 Å². The van der Waals surface area contributed by atoms with E-state index >= 15 is 0 Å². The number of thiazole rings is 1. The van der Waals surface area contributed by atoms with Crippen molar-refractivity contribution in [3.63, 3.8) is 0 Å². The van der Waals surface area contributed by atoms with Crippen LogP contribution in [-0.4, -0.2) is 18.7 Å². The number of aryl methyl sites for hydroxylation is 1. The number of fused-ring (bicyclic) bond motifs is 1. The van der Waals surface area contributed by atoms with Gasteiger partial charge in [0.25, 0.3) is 0 Å². The van der Waals surface area contributed by atoms with E-state index in [4.69, 9.17) is 23.9 Å². The van der Waals surface area contributed by atoms with Crippen molar-refractivity contribution in [3.8, 4) is 33.4 Å². The summed E-state index contributed by atoms with van der Waals surface area (Å²) in [4.78, 5) is 12.1. The van der Waals surface area contributed by atoms with Gasteiger partial charge in [-0.15, -0.1) is 11.3 Å². The van der Waals surface area contributed by atoms with E-state index in [0.29, 0.717) is 11.7 Å². The highest BCUT2D eigenvalue weighted by atomic mass is 32.1. The monoisotopic (exact) mass is 474 g/mol. The molecule has 0 bridgehead atoms. The summed E-state index contributed by atoms with van der Waals surface area (Å²) in [7, 11) is 1.66. The van der Waals surface area contributed by atoms with Crippen molar-refractivity contribution in [1.82, 2.24) is 4.98 Å². The minimum absolute atomic E-state index is 0.592. The second kappa shape index (κ2) is 9.21. The molecule has 0 aliphatic carbocycles. The van der Waals surface area contributed by atoms with Crippen molar-refractivity contribution in [1.29, 1.82) is 0 Å². The van der Waals surface area contributed by atoms with Gasteiger partial charge in [0.2, 0.25) is 5.13 Å². The highest BCUT2D eigenvalue weighted by molar-refractivity contribution is 7.17. The summed E-state index contributed by atoms with van der Waals surface area (Å²) in [5.74, 6) is 2.30. The fourth-order valence-corrected chi connectivity index (χ4v) is 5.21. The molecule has 0 aliphatic rings. The Morgan fingerprint density at radius 1 is 1.03 bits per heavy atom. The third-order valence-corrected chi connectivity index (χ3v) is 6.90. The van der Waals surface area contributed by atoms with E-state index in [1.54, 1.807) is 29.8 Å². The molecule has 0 radical (unpaired) electrons. The van der Waals surface area contributed by atoms with Crippen LogP contribution in [0.5, 0.6) is 11.5 Å². The molecule has 0 fully saturated rings. The van der Waals surface area contributed by atoms with Crippen LogP contribution < -0.4 is 14.8 Å². The van der Waals surface area contributed by atoms with Crippen LogP contribution in [0.1, 0.15) is 11.8 Å². The van der Waals surface area contributed by atoms with Crippen LogP contribution in [-0.2, 0) is 0 Å². The number of methoxy groups -OCH3 is 1. The largest absolute Gasteiger partial charge is 0.497 e. The Kier molecular flexibility index (Phi) is 5.98. The molecule has 0 saturated heterocycles. The van der Waals surface area contributed by atoms with Crippen molar-refractivity contribution in [2.45, 2.75) is 13.8 Å². The number of ether oxygens (including phenoxy) is 2. The molecule has 0 saturated carbocycles. The molecular weight excluding hydrogens is 452 g/mol. The Hall–Kier alpha value is -3.42. The van der Waals surface area contributed by atoms with E-state index in [2.05, 4.69) is 18.4 Å². The molecule has 0 N–H and O–H groups in total. The standard InChI is InChI=1S/C26H22N2O3S2/c1-4-30-19-11-12-22-20(14-19)21(15-23(31-22)17-7-9-18(29-3)10-8-17)27-26-28-25(16(2)33-26)24-6-5-13-32-24/h5-15H,4H2,1-3H3. The molecule has 3 heterocycles. The molecular formula is C26H22N2O3S2. The van der Waals surface area contributed by atoms with Crippen LogP contribution >= 0.6 is 22.7 Å². The minimum atomic E-state index is 0.592. The zero-order valence-corrected chi connectivity index (χ0v) is 20.1. The fourth-order valence-electron chi connectivity index (χ4n) is 3.57. The summed E-state index contributed by atoms with van der Waals surface area (Å²) < 4.78 is 17.3. The van der Waals surface area contributed by atoms with Crippen molar-refractivity contribution in [2.24, 2.45) is 4.99 Å². The number of benzene rings is 2. The van der Waals surface area contributed by atoms with Gasteiger partial charge in [0.05, 0.1) is 29.6 Å². The molecule has 0 unspecified atom stereocenters. The van der Waals surface area contributed by atoms with Crippen LogP contribution in [0, 0.1) is 6.92 Å².